The highest BCUT2D eigenvalue weighted by molar-refractivity contribution is 5.55. The van der Waals surface area contributed by atoms with Crippen LogP contribution in [-0.2, 0) is 7.05 Å². The summed E-state index contributed by atoms with van der Waals surface area (Å²) >= 11 is 0. The molecular weight excluding hydrogens is 194 g/mol. The van der Waals surface area contributed by atoms with Gasteiger partial charge in [-0.05, 0) is 18.2 Å². The maximum Gasteiger partial charge on any atom is 0.212 e. The van der Waals surface area contributed by atoms with E-state index in [9.17, 15) is 0 Å². The molecule has 2 aromatic rings. The van der Waals surface area contributed by atoms with Crippen LogP contribution in [0.1, 0.15) is 0 Å². The van der Waals surface area contributed by atoms with Crippen LogP contribution in [0.25, 0.3) is 11.3 Å². The molecule has 0 aliphatic carbocycles. The Hall–Kier alpha value is -1.34. The summed E-state index contributed by atoms with van der Waals surface area (Å²) < 4.78 is 2.12. The summed E-state index contributed by atoms with van der Waals surface area (Å²) in [6.07, 6.45) is 2.06. The van der Waals surface area contributed by atoms with Crippen molar-refractivity contribution >= 4 is 0 Å². The van der Waals surface area contributed by atoms with Crippen LogP contribution in [0.2, 0.25) is 0 Å². The maximum atomic E-state index is 2.12. The molecule has 0 aliphatic rings. The topological polar surface area (TPSA) is 3.88 Å². The molecule has 0 amide bonds. The number of pyridine rings is 1. The molecule has 72 valence electrons. The number of nitrogens with zero attached hydrogens (tertiary/aromatic N) is 1. The number of aryl methyl sites for hydroxylation is 1. The fourth-order valence-corrected chi connectivity index (χ4v) is 1.43. The van der Waals surface area contributed by atoms with Gasteiger partial charge in [-0.25, -0.2) is 4.57 Å². The molecule has 0 saturated carbocycles. The van der Waals surface area contributed by atoms with Crippen molar-refractivity contribution in [1.29, 1.82) is 0 Å². The van der Waals surface area contributed by atoms with Gasteiger partial charge in [0.1, 0.15) is 7.05 Å². The van der Waals surface area contributed by atoms with Gasteiger partial charge in [-0.2, -0.15) is 0 Å². The Kier molecular flexibility index (Phi) is 3.66. The number of rotatable bonds is 1. The minimum atomic E-state index is 0. The first-order valence-electron chi connectivity index (χ1n) is 4.38. The highest BCUT2D eigenvalue weighted by Crippen LogP contribution is 2.12. The molecule has 0 aliphatic heterocycles. The predicted octanol–water partition coefficient (Wildman–Crippen LogP) is -0.818. The monoisotopic (exact) mass is 205 g/mol. The van der Waals surface area contributed by atoms with Gasteiger partial charge in [-0.15, -0.1) is 0 Å². The van der Waals surface area contributed by atoms with Crippen molar-refractivity contribution in [3.05, 3.63) is 54.7 Å². The zero-order valence-electron chi connectivity index (χ0n) is 8.02. The van der Waals surface area contributed by atoms with E-state index >= 15 is 0 Å². The summed E-state index contributed by atoms with van der Waals surface area (Å²) in [4.78, 5) is 0. The van der Waals surface area contributed by atoms with Crippen LogP contribution < -0.4 is 17.0 Å². The first-order chi connectivity index (χ1) is 6.38. The lowest BCUT2D eigenvalue weighted by molar-refractivity contribution is -0.660. The highest BCUT2D eigenvalue weighted by atomic mass is 35.5. The Bertz CT molecular complexity index is 398. The lowest BCUT2D eigenvalue weighted by atomic mass is 10.1. The predicted molar refractivity (Wildman–Crippen MR) is 53.1 cm³/mol. The van der Waals surface area contributed by atoms with Gasteiger partial charge in [0.05, 0.1) is 0 Å². The molecule has 0 atom stereocenters. The van der Waals surface area contributed by atoms with Crippen LogP contribution in [0.3, 0.4) is 0 Å². The molecule has 0 spiro atoms. The van der Waals surface area contributed by atoms with Crippen LogP contribution in [-0.4, -0.2) is 0 Å². The van der Waals surface area contributed by atoms with Gasteiger partial charge in [0.2, 0.25) is 5.69 Å². The van der Waals surface area contributed by atoms with E-state index in [1.54, 1.807) is 0 Å². The number of hydrogen-bond acceptors (Lipinski definition) is 0. The number of hydrogen-bond donors (Lipinski definition) is 0. The average molecular weight is 206 g/mol. The summed E-state index contributed by atoms with van der Waals surface area (Å²) in [7, 11) is 2.06. The van der Waals surface area contributed by atoms with E-state index in [4.69, 9.17) is 0 Å². The van der Waals surface area contributed by atoms with Crippen molar-refractivity contribution in [2.45, 2.75) is 0 Å². The minimum absolute atomic E-state index is 0. The molecule has 2 heteroatoms. The summed E-state index contributed by atoms with van der Waals surface area (Å²) in [5, 5.41) is 0. The quantitative estimate of drug-likeness (QED) is 0.536. The third kappa shape index (κ3) is 2.12. The zero-order chi connectivity index (χ0) is 9.10. The average Bonchev–Trinajstić information content (AvgIpc) is 2.20. The van der Waals surface area contributed by atoms with Crippen molar-refractivity contribution in [2.75, 3.05) is 0 Å². The molecule has 14 heavy (non-hydrogen) atoms. The maximum absolute atomic E-state index is 2.12. The van der Waals surface area contributed by atoms with E-state index < -0.39 is 0 Å². The minimum Gasteiger partial charge on any atom is -1.00 e. The molecule has 0 saturated heterocycles. The van der Waals surface area contributed by atoms with E-state index in [0.29, 0.717) is 0 Å². The molecule has 0 radical (unpaired) electrons. The normalized spacial score (nSPS) is 9.21. The third-order valence-corrected chi connectivity index (χ3v) is 2.12. The summed E-state index contributed by atoms with van der Waals surface area (Å²) in [6.45, 7) is 0. The SMILES string of the molecule is C[n+]1ccccc1-c1ccccc1.[Cl-]. The van der Waals surface area contributed by atoms with Gasteiger partial charge in [0, 0.05) is 17.7 Å². The Balaban J connectivity index is 0.000000980. The van der Waals surface area contributed by atoms with Crippen LogP contribution in [0, 0.1) is 0 Å². The van der Waals surface area contributed by atoms with Crippen LogP contribution in [0.5, 0.6) is 0 Å². The lowest BCUT2D eigenvalue weighted by Gasteiger charge is -1.97. The first kappa shape index (κ1) is 10.7. The van der Waals surface area contributed by atoms with Crippen molar-refractivity contribution < 1.29 is 17.0 Å². The Morgan fingerprint density at radius 2 is 1.50 bits per heavy atom. The molecule has 0 bridgehead atoms. The standard InChI is InChI=1S/C12H12N.ClH/c1-13-10-6-5-9-12(13)11-7-3-2-4-8-11;/h2-10H,1H3;1H/q+1;/p-1. The van der Waals surface area contributed by atoms with Crippen molar-refractivity contribution in [3.8, 4) is 11.3 Å². The number of halogens is 1. The van der Waals surface area contributed by atoms with Crippen molar-refractivity contribution in [2.24, 2.45) is 7.05 Å². The van der Waals surface area contributed by atoms with Gasteiger partial charge in [-0.3, -0.25) is 0 Å². The Morgan fingerprint density at radius 1 is 0.857 bits per heavy atom. The van der Waals surface area contributed by atoms with E-state index in [-0.39, 0.29) is 12.4 Å². The third-order valence-electron chi connectivity index (χ3n) is 2.12. The molecule has 0 unspecified atom stereocenters. The fourth-order valence-electron chi connectivity index (χ4n) is 1.43. The summed E-state index contributed by atoms with van der Waals surface area (Å²) in [5.41, 5.74) is 2.49. The second-order valence-electron chi connectivity index (χ2n) is 3.06. The molecule has 0 N–H and O–H groups in total. The van der Waals surface area contributed by atoms with Crippen LogP contribution in [0.15, 0.2) is 54.7 Å². The van der Waals surface area contributed by atoms with Crippen LogP contribution >= 0.6 is 0 Å². The van der Waals surface area contributed by atoms with Gasteiger partial charge in [0.15, 0.2) is 6.20 Å². The Morgan fingerprint density at radius 3 is 2.14 bits per heavy atom. The molecule has 1 aromatic carbocycles. The second-order valence-corrected chi connectivity index (χ2v) is 3.06. The molecular formula is C12H12ClN. The molecule has 0 fully saturated rings. The molecule has 1 heterocycles. The molecule has 1 nitrogen and oxygen atoms in total. The number of aromatic nitrogens is 1. The first-order valence-corrected chi connectivity index (χ1v) is 4.38. The van der Waals surface area contributed by atoms with Gasteiger partial charge >= 0.3 is 0 Å². The van der Waals surface area contributed by atoms with Crippen molar-refractivity contribution in [3.63, 3.8) is 0 Å². The van der Waals surface area contributed by atoms with E-state index in [2.05, 4.69) is 54.2 Å². The largest absolute Gasteiger partial charge is 1.00 e. The zero-order valence-corrected chi connectivity index (χ0v) is 8.78. The van der Waals surface area contributed by atoms with Gasteiger partial charge in [0.25, 0.3) is 0 Å². The smallest absolute Gasteiger partial charge is 0.212 e. The number of benzene rings is 1. The molecule has 2 rings (SSSR count). The fraction of sp³-hybridized carbons (Fsp3) is 0.0833. The Labute approximate surface area is 90.4 Å². The lowest BCUT2D eigenvalue weighted by Crippen LogP contribution is -3.00. The van der Waals surface area contributed by atoms with Gasteiger partial charge in [-0.1, -0.05) is 18.2 Å². The van der Waals surface area contributed by atoms with E-state index in [1.807, 2.05) is 12.1 Å². The summed E-state index contributed by atoms with van der Waals surface area (Å²) in [5.74, 6) is 0. The second kappa shape index (κ2) is 4.77. The van der Waals surface area contributed by atoms with E-state index in [1.165, 1.54) is 11.3 Å². The van der Waals surface area contributed by atoms with E-state index in [0.717, 1.165) is 0 Å². The molecule has 1 aromatic heterocycles. The highest BCUT2D eigenvalue weighted by Gasteiger charge is 2.05. The van der Waals surface area contributed by atoms with Gasteiger partial charge < -0.3 is 12.4 Å². The van der Waals surface area contributed by atoms with Crippen molar-refractivity contribution in [1.82, 2.24) is 0 Å². The summed E-state index contributed by atoms with van der Waals surface area (Å²) in [6, 6.07) is 16.6. The van der Waals surface area contributed by atoms with Crippen LogP contribution in [0.4, 0.5) is 0 Å².